The minimum Gasteiger partial charge on any atom is -0.481 e. The van der Waals surface area contributed by atoms with Crippen LogP contribution in [0.3, 0.4) is 0 Å². The van der Waals surface area contributed by atoms with Crippen LogP contribution < -0.4 is 14.8 Å². The molecule has 1 unspecified atom stereocenters. The van der Waals surface area contributed by atoms with E-state index in [-0.39, 0.29) is 25.5 Å². The number of aliphatic carboxylic acids is 1. The number of hydrogen-bond donors (Lipinski definition) is 2. The van der Waals surface area contributed by atoms with Gasteiger partial charge >= 0.3 is 5.97 Å². The molecule has 1 aliphatic rings. The van der Waals surface area contributed by atoms with Crippen molar-refractivity contribution in [1.29, 1.82) is 0 Å². The number of carboxylic acids is 1. The number of carbonyl (C=O) groups is 2. The lowest BCUT2D eigenvalue weighted by Gasteiger charge is -2.12. The molecule has 0 radical (unpaired) electrons. The maximum absolute atomic E-state index is 12.1. The van der Waals surface area contributed by atoms with Crippen molar-refractivity contribution in [3.63, 3.8) is 0 Å². The predicted molar refractivity (Wildman–Crippen MR) is 66.6 cm³/mol. The van der Waals surface area contributed by atoms with E-state index in [1.807, 2.05) is 0 Å². The molecule has 0 spiro atoms. The van der Waals surface area contributed by atoms with E-state index in [2.05, 4.69) is 5.32 Å². The number of fused-ring (bicyclic) bond motifs is 1. The van der Waals surface area contributed by atoms with Crippen molar-refractivity contribution in [1.82, 2.24) is 5.32 Å². The third-order valence-corrected chi connectivity index (χ3v) is 2.84. The van der Waals surface area contributed by atoms with Crippen molar-refractivity contribution in [2.24, 2.45) is 0 Å². The molecule has 0 aliphatic carbocycles. The summed E-state index contributed by atoms with van der Waals surface area (Å²) in [5.41, 5.74) is 0.513. The quantitative estimate of drug-likeness (QED) is 0.748. The molecular formula is C13H15NO5. The third kappa shape index (κ3) is 3.23. The third-order valence-electron chi connectivity index (χ3n) is 2.84. The summed E-state index contributed by atoms with van der Waals surface area (Å²) >= 11 is 0. The molecule has 2 N–H and O–H groups in total. The zero-order chi connectivity index (χ0) is 13.8. The van der Waals surface area contributed by atoms with Crippen LogP contribution in [0, 0.1) is 0 Å². The summed E-state index contributed by atoms with van der Waals surface area (Å²) in [6.07, 6.45) is -0.0151. The summed E-state index contributed by atoms with van der Waals surface area (Å²) in [4.78, 5) is 22.5. The summed E-state index contributed by atoms with van der Waals surface area (Å²) in [6.45, 7) is 2.13. The van der Waals surface area contributed by atoms with E-state index in [1.54, 1.807) is 25.1 Å². The molecule has 0 bridgehead atoms. The van der Waals surface area contributed by atoms with E-state index in [4.69, 9.17) is 14.6 Å². The Balaban J connectivity index is 1.97. The molecule has 1 heterocycles. The maximum atomic E-state index is 12.1. The first-order valence-electron chi connectivity index (χ1n) is 5.97. The predicted octanol–water partition coefficient (Wildman–Crippen LogP) is 1.05. The van der Waals surface area contributed by atoms with Crippen LogP contribution in [0.15, 0.2) is 18.2 Å². The number of Topliss-reactive ketones (excluding diaryl/α,β-unsaturated/α-hetero) is 1. The number of carboxylic acid groups (broad SMARTS) is 1. The summed E-state index contributed by atoms with van der Waals surface area (Å²) in [5.74, 6) is 0.186. The molecule has 6 heteroatoms. The van der Waals surface area contributed by atoms with Gasteiger partial charge < -0.3 is 19.9 Å². The summed E-state index contributed by atoms with van der Waals surface area (Å²) < 4.78 is 10.4. The topological polar surface area (TPSA) is 84.9 Å². The van der Waals surface area contributed by atoms with Gasteiger partial charge in [-0.15, -0.1) is 0 Å². The second-order valence-electron chi connectivity index (χ2n) is 4.25. The summed E-state index contributed by atoms with van der Waals surface area (Å²) in [5, 5.41) is 11.4. The van der Waals surface area contributed by atoms with Crippen molar-refractivity contribution in [2.45, 2.75) is 19.4 Å². The normalized spacial score (nSPS) is 14.2. The Labute approximate surface area is 110 Å². The van der Waals surface area contributed by atoms with Crippen LogP contribution in [0.4, 0.5) is 0 Å². The number of rotatable bonds is 6. The number of nitrogens with one attached hydrogen (secondary N) is 1. The first kappa shape index (κ1) is 13.4. The lowest BCUT2D eigenvalue weighted by atomic mass is 10.0. The fourth-order valence-corrected chi connectivity index (χ4v) is 1.79. The Morgan fingerprint density at radius 2 is 2.11 bits per heavy atom. The van der Waals surface area contributed by atoms with Gasteiger partial charge in [-0.3, -0.25) is 9.59 Å². The van der Waals surface area contributed by atoms with E-state index in [0.717, 1.165) is 0 Å². The monoisotopic (exact) mass is 265 g/mol. The molecule has 1 aliphatic heterocycles. The largest absolute Gasteiger partial charge is 0.481 e. The lowest BCUT2D eigenvalue weighted by molar-refractivity contribution is -0.136. The highest BCUT2D eigenvalue weighted by Crippen LogP contribution is 2.32. The molecule has 102 valence electrons. The Morgan fingerprint density at radius 3 is 2.84 bits per heavy atom. The Hall–Kier alpha value is -2.08. The van der Waals surface area contributed by atoms with Gasteiger partial charge in [-0.05, 0) is 25.1 Å². The van der Waals surface area contributed by atoms with Gasteiger partial charge in [0, 0.05) is 12.1 Å². The fourth-order valence-electron chi connectivity index (χ4n) is 1.79. The van der Waals surface area contributed by atoms with Crippen molar-refractivity contribution < 1.29 is 24.2 Å². The molecule has 1 aromatic carbocycles. The SMILES string of the molecule is CC(NCCC(=O)O)C(=O)c1ccc2c(c1)OCO2. The first-order chi connectivity index (χ1) is 9.08. The van der Waals surface area contributed by atoms with Crippen LogP contribution in [0.25, 0.3) is 0 Å². The van der Waals surface area contributed by atoms with Crippen LogP contribution in [0.2, 0.25) is 0 Å². The molecule has 0 saturated carbocycles. The fraction of sp³-hybridized carbons (Fsp3) is 0.385. The highest BCUT2D eigenvalue weighted by Gasteiger charge is 2.19. The van der Waals surface area contributed by atoms with Gasteiger partial charge in [-0.25, -0.2) is 0 Å². The van der Waals surface area contributed by atoms with Gasteiger partial charge in [-0.2, -0.15) is 0 Å². The van der Waals surface area contributed by atoms with Crippen LogP contribution in [-0.2, 0) is 4.79 Å². The Morgan fingerprint density at radius 1 is 1.37 bits per heavy atom. The van der Waals surface area contributed by atoms with Gasteiger partial charge in [0.15, 0.2) is 17.3 Å². The Bertz CT molecular complexity index is 500. The van der Waals surface area contributed by atoms with Crippen molar-refractivity contribution in [2.75, 3.05) is 13.3 Å². The molecule has 6 nitrogen and oxygen atoms in total. The highest BCUT2D eigenvalue weighted by molar-refractivity contribution is 6.00. The molecular weight excluding hydrogens is 250 g/mol. The summed E-state index contributed by atoms with van der Waals surface area (Å²) in [6, 6.07) is 4.56. The standard InChI is InChI=1S/C13H15NO5/c1-8(14-5-4-12(15)16)13(17)9-2-3-10-11(6-9)19-7-18-10/h2-3,6,8,14H,4-5,7H2,1H3,(H,15,16). The number of ketones is 1. The van der Waals surface area contributed by atoms with Gasteiger partial charge in [-0.1, -0.05) is 0 Å². The van der Waals surface area contributed by atoms with Crippen molar-refractivity contribution >= 4 is 11.8 Å². The average molecular weight is 265 g/mol. The van der Waals surface area contributed by atoms with Crippen LogP contribution in [0.1, 0.15) is 23.7 Å². The van der Waals surface area contributed by atoms with Crippen LogP contribution in [-0.4, -0.2) is 36.2 Å². The maximum Gasteiger partial charge on any atom is 0.304 e. The molecule has 2 rings (SSSR count). The van der Waals surface area contributed by atoms with Crippen molar-refractivity contribution in [3.05, 3.63) is 23.8 Å². The highest BCUT2D eigenvalue weighted by atomic mass is 16.7. The second kappa shape index (κ2) is 5.71. The number of hydrogen-bond acceptors (Lipinski definition) is 5. The zero-order valence-corrected chi connectivity index (χ0v) is 10.5. The number of ether oxygens (including phenoxy) is 2. The van der Waals surface area contributed by atoms with Crippen LogP contribution in [0.5, 0.6) is 11.5 Å². The van der Waals surface area contributed by atoms with E-state index < -0.39 is 12.0 Å². The molecule has 0 saturated heterocycles. The van der Waals surface area contributed by atoms with E-state index >= 15 is 0 Å². The minimum atomic E-state index is -0.893. The average Bonchev–Trinajstić information content (AvgIpc) is 2.84. The van der Waals surface area contributed by atoms with E-state index in [0.29, 0.717) is 17.1 Å². The molecule has 0 fully saturated rings. The molecule has 0 amide bonds. The molecule has 1 aromatic rings. The molecule has 19 heavy (non-hydrogen) atoms. The van der Waals surface area contributed by atoms with Gasteiger partial charge in [0.2, 0.25) is 6.79 Å². The summed E-state index contributed by atoms with van der Waals surface area (Å²) in [7, 11) is 0. The smallest absolute Gasteiger partial charge is 0.304 e. The minimum absolute atomic E-state index is 0.0151. The molecule has 1 atom stereocenters. The van der Waals surface area contributed by atoms with Crippen LogP contribution >= 0.6 is 0 Å². The second-order valence-corrected chi connectivity index (χ2v) is 4.25. The Kier molecular flexibility index (Phi) is 4.01. The lowest BCUT2D eigenvalue weighted by Crippen LogP contribution is -2.35. The van der Waals surface area contributed by atoms with E-state index in [1.165, 1.54) is 0 Å². The van der Waals surface area contributed by atoms with E-state index in [9.17, 15) is 9.59 Å². The van der Waals surface area contributed by atoms with Gasteiger partial charge in [0.1, 0.15) is 0 Å². The van der Waals surface area contributed by atoms with Gasteiger partial charge in [0.05, 0.1) is 12.5 Å². The number of benzene rings is 1. The molecule has 0 aromatic heterocycles. The van der Waals surface area contributed by atoms with Gasteiger partial charge in [0.25, 0.3) is 0 Å². The van der Waals surface area contributed by atoms with Crippen molar-refractivity contribution in [3.8, 4) is 11.5 Å². The first-order valence-corrected chi connectivity index (χ1v) is 5.97. The number of carbonyl (C=O) groups excluding carboxylic acids is 1. The zero-order valence-electron chi connectivity index (χ0n) is 10.5.